The Kier molecular flexibility index (Phi) is 7.11. The monoisotopic (exact) mass is 451 g/mol. The van der Waals surface area contributed by atoms with Crippen LogP contribution in [0.1, 0.15) is 16.1 Å². The van der Waals surface area contributed by atoms with Gasteiger partial charge in [0.1, 0.15) is 0 Å². The molecule has 1 heterocycles. The minimum atomic E-state index is -4.30. The Morgan fingerprint density at radius 3 is 2.43 bits per heavy atom. The molecule has 2 N–H and O–H groups in total. The van der Waals surface area contributed by atoms with Gasteiger partial charge < -0.3 is 5.32 Å². The number of alkyl halides is 3. The van der Waals surface area contributed by atoms with Crippen molar-refractivity contribution in [2.24, 2.45) is 0 Å². The number of para-hydroxylation sites is 1. The predicted molar refractivity (Wildman–Crippen MR) is 112 cm³/mol. The fourth-order valence-electron chi connectivity index (χ4n) is 2.42. The Morgan fingerprint density at radius 1 is 1.00 bits per heavy atom. The maximum atomic E-state index is 12.5. The van der Waals surface area contributed by atoms with Crippen LogP contribution in [0.2, 0.25) is 0 Å². The van der Waals surface area contributed by atoms with Gasteiger partial charge >= 0.3 is 6.18 Å². The summed E-state index contributed by atoms with van der Waals surface area (Å²) in [4.78, 5) is 29.0. The third kappa shape index (κ3) is 6.60. The normalized spacial score (nSPS) is 11.2. The molecule has 0 saturated carbocycles. The Bertz CT molecular complexity index is 1020. The maximum absolute atomic E-state index is 12.5. The van der Waals surface area contributed by atoms with Crippen molar-refractivity contribution >= 4 is 45.7 Å². The molecule has 3 aromatic rings. The molecule has 5 nitrogen and oxygen atoms in total. The number of rotatable bonds is 7. The van der Waals surface area contributed by atoms with Crippen LogP contribution in [-0.4, -0.2) is 28.7 Å². The highest BCUT2D eigenvalue weighted by atomic mass is 32.2. The summed E-state index contributed by atoms with van der Waals surface area (Å²) in [6, 6.07) is 14.9. The van der Waals surface area contributed by atoms with E-state index >= 15 is 0 Å². The lowest BCUT2D eigenvalue weighted by molar-refractivity contribution is -0.115. The summed E-state index contributed by atoms with van der Waals surface area (Å²) in [7, 11) is 0. The van der Waals surface area contributed by atoms with Gasteiger partial charge in [-0.3, -0.25) is 14.9 Å². The third-order valence-corrected chi connectivity index (χ3v) is 5.65. The van der Waals surface area contributed by atoms with Gasteiger partial charge in [0.15, 0.2) is 5.13 Å². The van der Waals surface area contributed by atoms with E-state index in [4.69, 9.17) is 0 Å². The first kappa shape index (κ1) is 21.8. The Balaban J connectivity index is 1.58. The van der Waals surface area contributed by atoms with E-state index in [1.807, 2.05) is 0 Å². The molecule has 0 radical (unpaired) electrons. The lowest BCUT2D eigenvalue weighted by Gasteiger charge is -2.11. The smallest absolute Gasteiger partial charge is 0.325 e. The van der Waals surface area contributed by atoms with Crippen LogP contribution in [0.15, 0.2) is 64.9 Å². The van der Waals surface area contributed by atoms with Crippen LogP contribution >= 0.6 is 23.1 Å². The maximum Gasteiger partial charge on any atom is 0.398 e. The lowest BCUT2D eigenvalue weighted by Crippen LogP contribution is -2.16. The molecule has 1 aromatic heterocycles. The number of halogens is 3. The molecule has 30 heavy (non-hydrogen) atoms. The molecule has 0 spiro atoms. The molecule has 0 bridgehead atoms. The fraction of sp³-hybridized carbons (Fsp3) is 0.150. The van der Waals surface area contributed by atoms with Crippen LogP contribution in [0.4, 0.5) is 24.0 Å². The average Bonchev–Trinajstić information content (AvgIpc) is 3.14. The first-order chi connectivity index (χ1) is 14.3. The van der Waals surface area contributed by atoms with Crippen molar-refractivity contribution in [3.63, 3.8) is 0 Å². The van der Waals surface area contributed by atoms with E-state index < -0.39 is 17.8 Å². The molecule has 0 atom stereocenters. The van der Waals surface area contributed by atoms with Crippen LogP contribution in [0, 0.1) is 0 Å². The number of aromatic nitrogens is 1. The summed E-state index contributed by atoms with van der Waals surface area (Å²) in [5, 5.41) is 7.29. The molecule has 156 valence electrons. The first-order valence-corrected chi connectivity index (χ1v) is 10.6. The van der Waals surface area contributed by atoms with Crippen LogP contribution in [0.25, 0.3) is 0 Å². The lowest BCUT2D eigenvalue weighted by atomic mass is 10.2. The molecule has 2 aromatic carbocycles. The highest BCUT2D eigenvalue weighted by Gasteiger charge is 2.27. The molecular formula is C20H16F3N3O2S2. The Morgan fingerprint density at radius 2 is 1.70 bits per heavy atom. The molecule has 0 unspecified atom stereocenters. The van der Waals surface area contributed by atoms with Gasteiger partial charge in [-0.25, -0.2) is 4.98 Å². The third-order valence-electron chi connectivity index (χ3n) is 3.70. The van der Waals surface area contributed by atoms with Crippen LogP contribution in [0.5, 0.6) is 0 Å². The van der Waals surface area contributed by atoms with Crippen molar-refractivity contribution in [2.45, 2.75) is 17.5 Å². The van der Waals surface area contributed by atoms with Gasteiger partial charge in [0, 0.05) is 15.8 Å². The van der Waals surface area contributed by atoms with Gasteiger partial charge in [-0.05, 0) is 24.3 Å². The first-order valence-electron chi connectivity index (χ1n) is 8.69. The molecule has 0 aliphatic heterocycles. The topological polar surface area (TPSA) is 71.1 Å². The van der Waals surface area contributed by atoms with E-state index in [2.05, 4.69) is 15.6 Å². The van der Waals surface area contributed by atoms with Crippen molar-refractivity contribution in [3.05, 3.63) is 71.2 Å². The van der Waals surface area contributed by atoms with Gasteiger partial charge in [-0.1, -0.05) is 30.3 Å². The summed E-state index contributed by atoms with van der Waals surface area (Å²) >= 11 is 1.79. The van der Waals surface area contributed by atoms with Crippen LogP contribution in [-0.2, 0) is 11.2 Å². The standard InChI is InChI=1S/C20H16F3N3O2S2/c21-20(22,23)12-30-16-9-5-4-8-15(16)25-17(27)10-14-11-29-19(24-14)26-18(28)13-6-2-1-3-7-13/h1-9,11H,10,12H2,(H,25,27)(H,24,26,28). The van der Waals surface area contributed by atoms with Crippen LogP contribution in [0.3, 0.4) is 0 Å². The summed E-state index contributed by atoms with van der Waals surface area (Å²) in [5.41, 5.74) is 1.24. The van der Waals surface area contributed by atoms with E-state index in [1.54, 1.807) is 53.9 Å². The minimum absolute atomic E-state index is 0.0734. The number of anilines is 2. The van der Waals surface area contributed by atoms with E-state index in [0.29, 0.717) is 38.7 Å². The molecule has 0 aliphatic carbocycles. The quantitative estimate of drug-likeness (QED) is 0.483. The fourth-order valence-corrected chi connectivity index (χ4v) is 3.89. The summed E-state index contributed by atoms with van der Waals surface area (Å²) in [5.74, 6) is -1.77. The van der Waals surface area contributed by atoms with Crippen molar-refractivity contribution in [1.29, 1.82) is 0 Å². The SMILES string of the molecule is O=C(Cc1csc(NC(=O)c2ccccc2)n1)Nc1ccccc1SCC(F)(F)F. The van der Waals surface area contributed by atoms with Crippen LogP contribution < -0.4 is 10.6 Å². The molecular weight excluding hydrogens is 435 g/mol. The highest BCUT2D eigenvalue weighted by molar-refractivity contribution is 7.99. The van der Waals surface area contributed by atoms with Crippen molar-refractivity contribution in [2.75, 3.05) is 16.4 Å². The number of carbonyl (C=O) groups is 2. The largest absolute Gasteiger partial charge is 0.398 e. The molecule has 2 amide bonds. The zero-order valence-electron chi connectivity index (χ0n) is 15.4. The molecule has 0 fully saturated rings. The van der Waals surface area contributed by atoms with Gasteiger partial charge in [0.05, 0.1) is 23.6 Å². The second-order valence-corrected chi connectivity index (χ2v) is 7.96. The number of hydrogen-bond donors (Lipinski definition) is 2. The minimum Gasteiger partial charge on any atom is -0.325 e. The number of benzene rings is 2. The number of thiazole rings is 1. The molecule has 10 heteroatoms. The average molecular weight is 451 g/mol. The Hall–Kier alpha value is -2.85. The summed E-state index contributed by atoms with van der Waals surface area (Å²) in [6.45, 7) is 0. The van der Waals surface area contributed by atoms with Gasteiger partial charge in [0.25, 0.3) is 5.91 Å². The zero-order chi connectivity index (χ0) is 21.6. The number of hydrogen-bond acceptors (Lipinski definition) is 5. The molecule has 0 aliphatic rings. The second-order valence-electron chi connectivity index (χ2n) is 6.09. The second kappa shape index (κ2) is 9.77. The number of thioether (sulfide) groups is 1. The van der Waals surface area contributed by atoms with E-state index in [9.17, 15) is 22.8 Å². The van der Waals surface area contributed by atoms with Gasteiger partial charge in [0.2, 0.25) is 5.91 Å². The van der Waals surface area contributed by atoms with Crippen molar-refractivity contribution in [3.8, 4) is 0 Å². The van der Waals surface area contributed by atoms with Crippen molar-refractivity contribution in [1.82, 2.24) is 4.98 Å². The van der Waals surface area contributed by atoms with Crippen molar-refractivity contribution < 1.29 is 22.8 Å². The number of nitrogens with zero attached hydrogens (tertiary/aromatic N) is 1. The molecule has 3 rings (SSSR count). The van der Waals surface area contributed by atoms with E-state index in [0.717, 1.165) is 0 Å². The van der Waals surface area contributed by atoms with E-state index in [1.165, 1.54) is 17.4 Å². The number of carbonyl (C=O) groups excluding carboxylic acids is 2. The van der Waals surface area contributed by atoms with E-state index in [-0.39, 0.29) is 12.3 Å². The summed E-state index contributed by atoms with van der Waals surface area (Å²) < 4.78 is 37.4. The number of nitrogens with one attached hydrogen (secondary N) is 2. The van der Waals surface area contributed by atoms with Gasteiger partial charge in [-0.2, -0.15) is 13.2 Å². The van der Waals surface area contributed by atoms with Gasteiger partial charge in [-0.15, -0.1) is 23.1 Å². The zero-order valence-corrected chi connectivity index (χ0v) is 17.0. The summed E-state index contributed by atoms with van der Waals surface area (Å²) in [6.07, 6.45) is -4.38. The number of amides is 2. The Labute approximate surface area is 178 Å². The predicted octanol–water partition coefficient (Wildman–Crippen LogP) is 5.23. The highest BCUT2D eigenvalue weighted by Crippen LogP contribution is 2.32. The molecule has 0 saturated heterocycles.